The average Bonchev–Trinajstić information content (AvgIpc) is 3.25. The number of ether oxygens (including phenoxy) is 1. The summed E-state index contributed by atoms with van der Waals surface area (Å²) in [5.74, 6) is 1.26. The van der Waals surface area contributed by atoms with E-state index in [1.807, 2.05) is 24.4 Å². The Bertz CT molecular complexity index is 695. The fraction of sp³-hybridized carbons (Fsp3) is 0.556. The number of thiophene rings is 1. The van der Waals surface area contributed by atoms with Crippen LogP contribution in [0.1, 0.15) is 24.3 Å². The highest BCUT2D eigenvalue weighted by atomic mass is 35.5. The molecule has 2 N–H and O–H groups in total. The normalized spacial score (nSPS) is 15.5. The van der Waals surface area contributed by atoms with Gasteiger partial charge in [0.05, 0.1) is 23.6 Å². The van der Waals surface area contributed by atoms with Crippen LogP contribution >= 0.6 is 36.2 Å². The van der Waals surface area contributed by atoms with Gasteiger partial charge in [0, 0.05) is 19.1 Å². The number of carbonyl (C=O) groups excluding carboxylic acids is 1. The third-order valence-corrected chi connectivity index (χ3v) is 5.59. The molecule has 27 heavy (non-hydrogen) atoms. The topological polar surface area (TPSA) is 76.4 Å². The van der Waals surface area contributed by atoms with Crippen molar-refractivity contribution < 1.29 is 13.9 Å². The molecule has 152 valence electrons. The molecule has 9 heteroatoms. The molecule has 0 unspecified atom stereocenters. The smallest absolute Gasteiger partial charge is 0.236 e. The van der Waals surface area contributed by atoms with Gasteiger partial charge in [0.2, 0.25) is 11.8 Å². The lowest BCUT2D eigenvalue weighted by molar-refractivity contribution is -0.121. The zero-order chi connectivity index (χ0) is 17.7. The van der Waals surface area contributed by atoms with Crippen LogP contribution in [0.3, 0.4) is 0 Å². The van der Waals surface area contributed by atoms with Crippen molar-refractivity contribution in [3.63, 3.8) is 0 Å². The lowest BCUT2D eigenvalue weighted by Gasteiger charge is -2.37. The van der Waals surface area contributed by atoms with Gasteiger partial charge in [-0.15, -0.1) is 36.2 Å². The Morgan fingerprint density at radius 3 is 2.78 bits per heavy atom. The summed E-state index contributed by atoms with van der Waals surface area (Å²) in [6, 6.07) is 3.92. The average molecular weight is 436 g/mol. The molecule has 0 saturated carbocycles. The molecule has 1 aliphatic rings. The number of oxazole rings is 1. The van der Waals surface area contributed by atoms with Gasteiger partial charge in [-0.1, -0.05) is 6.07 Å². The molecule has 0 spiro atoms. The van der Waals surface area contributed by atoms with Gasteiger partial charge >= 0.3 is 0 Å². The van der Waals surface area contributed by atoms with Crippen LogP contribution in [0, 0.1) is 12.3 Å². The van der Waals surface area contributed by atoms with Crippen LogP contribution in [0.2, 0.25) is 0 Å². The summed E-state index contributed by atoms with van der Waals surface area (Å²) in [6.45, 7) is 5.08. The Balaban J connectivity index is 0.00000182. The van der Waals surface area contributed by atoms with Gasteiger partial charge in [-0.05, 0) is 44.3 Å². The second-order valence-electron chi connectivity index (χ2n) is 6.64. The van der Waals surface area contributed by atoms with Crippen molar-refractivity contribution in [1.82, 2.24) is 15.6 Å². The first-order valence-electron chi connectivity index (χ1n) is 8.58. The van der Waals surface area contributed by atoms with Gasteiger partial charge in [0.1, 0.15) is 5.76 Å². The maximum atomic E-state index is 12.4. The van der Waals surface area contributed by atoms with E-state index in [-0.39, 0.29) is 42.6 Å². The van der Waals surface area contributed by atoms with E-state index in [0.717, 1.165) is 30.8 Å². The van der Waals surface area contributed by atoms with Crippen LogP contribution in [0.4, 0.5) is 0 Å². The number of halogens is 2. The van der Waals surface area contributed by atoms with Gasteiger partial charge in [-0.3, -0.25) is 4.79 Å². The third kappa shape index (κ3) is 6.19. The number of carbonyl (C=O) groups is 1. The Morgan fingerprint density at radius 2 is 2.15 bits per heavy atom. The number of rotatable bonds is 7. The van der Waals surface area contributed by atoms with Crippen molar-refractivity contribution in [2.45, 2.75) is 26.2 Å². The van der Waals surface area contributed by atoms with E-state index in [4.69, 9.17) is 9.15 Å². The largest absolute Gasteiger partial charge is 0.440 e. The molecule has 0 aliphatic carbocycles. The minimum Gasteiger partial charge on any atom is -0.440 e. The van der Waals surface area contributed by atoms with Gasteiger partial charge in [-0.25, -0.2) is 4.98 Å². The number of nitrogens with one attached hydrogen (secondary N) is 2. The van der Waals surface area contributed by atoms with E-state index < -0.39 is 0 Å². The van der Waals surface area contributed by atoms with Gasteiger partial charge in [-0.2, -0.15) is 0 Å². The van der Waals surface area contributed by atoms with Crippen LogP contribution < -0.4 is 10.6 Å². The number of amides is 1. The van der Waals surface area contributed by atoms with Crippen LogP contribution in [0.25, 0.3) is 10.8 Å². The summed E-state index contributed by atoms with van der Waals surface area (Å²) in [7, 11) is 1.72. The second-order valence-corrected chi connectivity index (χ2v) is 7.58. The van der Waals surface area contributed by atoms with Crippen molar-refractivity contribution in [1.29, 1.82) is 0 Å². The standard InChI is InChI=1S/C18H25N3O3S.2ClH/c1-13-14(21-17(24-13)15-4-3-9-25-15)10-16(22)20-11-18(12-23-2)5-7-19-8-6-18;;/h3-4,9,19H,5-8,10-12H2,1-2H3,(H,20,22);2*1H. The minimum atomic E-state index is -0.0249. The predicted octanol–water partition coefficient (Wildman–Crippen LogP) is 3.23. The quantitative estimate of drug-likeness (QED) is 0.697. The van der Waals surface area contributed by atoms with Crippen LogP contribution in [-0.4, -0.2) is 44.2 Å². The summed E-state index contributed by atoms with van der Waals surface area (Å²) >= 11 is 1.57. The first kappa shape index (κ1) is 23.9. The van der Waals surface area contributed by atoms with Gasteiger partial charge in [0.25, 0.3) is 0 Å². The number of nitrogens with zero attached hydrogens (tertiary/aromatic N) is 1. The minimum absolute atomic E-state index is 0. The first-order valence-corrected chi connectivity index (χ1v) is 9.46. The number of aromatic nitrogens is 1. The summed E-state index contributed by atoms with van der Waals surface area (Å²) in [6.07, 6.45) is 2.25. The Hall–Kier alpha value is -1.12. The Kier molecular flexibility index (Phi) is 9.76. The number of hydrogen-bond acceptors (Lipinski definition) is 6. The molecule has 0 radical (unpaired) electrons. The monoisotopic (exact) mass is 435 g/mol. The Morgan fingerprint density at radius 1 is 1.41 bits per heavy atom. The molecular weight excluding hydrogens is 409 g/mol. The van der Waals surface area contributed by atoms with E-state index in [2.05, 4.69) is 15.6 Å². The fourth-order valence-electron chi connectivity index (χ4n) is 3.23. The highest BCUT2D eigenvalue weighted by Gasteiger charge is 2.32. The SMILES string of the molecule is COCC1(CNC(=O)Cc2nc(-c3cccs3)oc2C)CCNCC1.Cl.Cl. The number of piperidine rings is 1. The van der Waals surface area contributed by atoms with Crippen LogP contribution in [0.15, 0.2) is 21.9 Å². The predicted molar refractivity (Wildman–Crippen MR) is 112 cm³/mol. The van der Waals surface area contributed by atoms with E-state index >= 15 is 0 Å². The number of methoxy groups -OCH3 is 1. The molecule has 1 saturated heterocycles. The van der Waals surface area contributed by atoms with Crippen molar-refractivity contribution >= 4 is 42.1 Å². The van der Waals surface area contributed by atoms with Gasteiger partial charge in [0.15, 0.2) is 0 Å². The molecule has 1 amide bonds. The molecule has 2 aromatic heterocycles. The van der Waals surface area contributed by atoms with Crippen molar-refractivity contribution in [2.24, 2.45) is 5.41 Å². The molecule has 6 nitrogen and oxygen atoms in total. The van der Waals surface area contributed by atoms with Crippen LogP contribution in [-0.2, 0) is 16.0 Å². The fourth-order valence-corrected chi connectivity index (χ4v) is 3.88. The highest BCUT2D eigenvalue weighted by Crippen LogP contribution is 2.28. The Labute approximate surface area is 176 Å². The summed E-state index contributed by atoms with van der Waals surface area (Å²) in [5.41, 5.74) is 0.725. The molecule has 2 aromatic rings. The number of aryl methyl sites for hydroxylation is 1. The zero-order valence-electron chi connectivity index (χ0n) is 15.6. The highest BCUT2D eigenvalue weighted by molar-refractivity contribution is 7.13. The summed E-state index contributed by atoms with van der Waals surface area (Å²) in [4.78, 5) is 17.9. The molecule has 1 aliphatic heterocycles. The number of hydrogen-bond donors (Lipinski definition) is 2. The summed E-state index contributed by atoms with van der Waals surface area (Å²) in [5, 5.41) is 8.41. The molecule has 1 fully saturated rings. The molecule has 3 rings (SSSR count). The molecular formula is C18H27Cl2N3O3S. The first-order chi connectivity index (χ1) is 12.1. The van der Waals surface area contributed by atoms with E-state index in [0.29, 0.717) is 30.5 Å². The van der Waals surface area contributed by atoms with Crippen molar-refractivity contribution in [3.05, 3.63) is 29.0 Å². The zero-order valence-corrected chi connectivity index (χ0v) is 18.0. The molecule has 3 heterocycles. The lowest BCUT2D eigenvalue weighted by atomic mass is 9.79. The van der Waals surface area contributed by atoms with Crippen molar-refractivity contribution in [2.75, 3.05) is 33.4 Å². The van der Waals surface area contributed by atoms with E-state index in [9.17, 15) is 4.79 Å². The maximum Gasteiger partial charge on any atom is 0.236 e. The molecule has 0 aromatic carbocycles. The van der Waals surface area contributed by atoms with E-state index in [1.54, 1.807) is 18.4 Å². The van der Waals surface area contributed by atoms with Gasteiger partial charge < -0.3 is 19.8 Å². The maximum absolute atomic E-state index is 12.4. The van der Waals surface area contributed by atoms with Crippen molar-refractivity contribution in [3.8, 4) is 10.8 Å². The molecule has 0 atom stereocenters. The summed E-state index contributed by atoms with van der Waals surface area (Å²) < 4.78 is 11.1. The third-order valence-electron chi connectivity index (χ3n) is 4.73. The lowest BCUT2D eigenvalue weighted by Crippen LogP contribution is -2.47. The second kappa shape index (κ2) is 11.0. The van der Waals surface area contributed by atoms with Crippen LogP contribution in [0.5, 0.6) is 0 Å². The molecule has 0 bridgehead atoms. The van der Waals surface area contributed by atoms with E-state index in [1.165, 1.54) is 0 Å².